The molecule has 1 aromatic heterocycles. The van der Waals surface area contributed by atoms with E-state index in [9.17, 15) is 4.79 Å². The topological polar surface area (TPSA) is 109 Å². The molecule has 28 heavy (non-hydrogen) atoms. The lowest BCUT2D eigenvalue weighted by Gasteiger charge is -2.05. The first-order valence-corrected chi connectivity index (χ1v) is 8.82. The van der Waals surface area contributed by atoms with E-state index in [1.54, 1.807) is 24.5 Å². The summed E-state index contributed by atoms with van der Waals surface area (Å²) in [4.78, 5) is 12.2. The molecule has 0 radical (unpaired) electrons. The van der Waals surface area contributed by atoms with E-state index < -0.39 is 0 Å². The van der Waals surface area contributed by atoms with Crippen LogP contribution < -0.4 is 16.8 Å². The predicted molar refractivity (Wildman–Crippen MR) is 109 cm³/mol. The van der Waals surface area contributed by atoms with E-state index in [-0.39, 0.29) is 12.3 Å². The minimum absolute atomic E-state index is 0.133. The van der Waals surface area contributed by atoms with Gasteiger partial charge < -0.3 is 11.5 Å². The highest BCUT2D eigenvalue weighted by atomic mass is 16.1. The van der Waals surface area contributed by atoms with Gasteiger partial charge in [0.15, 0.2) is 0 Å². The molecule has 1 amide bonds. The molecule has 0 bridgehead atoms. The zero-order valence-electron chi connectivity index (χ0n) is 15.4. The third kappa shape index (κ3) is 5.36. The SMILES string of the molecule is N/C(=C\C=C(/[NH3+])NC(=O)Cc1ccc(-c2ccnnc2)cc1)c1ccccc1. The van der Waals surface area contributed by atoms with Crippen LogP contribution in [0, 0.1) is 0 Å². The molecule has 6 nitrogen and oxygen atoms in total. The third-order valence-electron chi connectivity index (χ3n) is 4.11. The Morgan fingerprint density at radius 2 is 1.71 bits per heavy atom. The van der Waals surface area contributed by atoms with Gasteiger partial charge in [-0.05, 0) is 28.8 Å². The summed E-state index contributed by atoms with van der Waals surface area (Å²) in [6.07, 6.45) is 7.04. The van der Waals surface area contributed by atoms with Crippen molar-refractivity contribution in [3.8, 4) is 11.1 Å². The molecule has 1 heterocycles. The molecule has 0 fully saturated rings. The number of nitrogens with zero attached hydrogens (tertiary/aromatic N) is 2. The Bertz CT molecular complexity index is 980. The molecule has 0 atom stereocenters. The molecule has 6 N–H and O–H groups in total. The number of hydrogen-bond acceptors (Lipinski definition) is 4. The van der Waals surface area contributed by atoms with E-state index in [1.807, 2.05) is 60.7 Å². The molecular formula is C22H22N5O+. The van der Waals surface area contributed by atoms with Gasteiger partial charge in [0.25, 0.3) is 0 Å². The van der Waals surface area contributed by atoms with Crippen molar-refractivity contribution in [3.63, 3.8) is 0 Å². The average molecular weight is 372 g/mol. The highest BCUT2D eigenvalue weighted by Crippen LogP contribution is 2.18. The summed E-state index contributed by atoms with van der Waals surface area (Å²) >= 11 is 0. The Kier molecular flexibility index (Phi) is 6.28. The number of carbonyl (C=O) groups is 1. The van der Waals surface area contributed by atoms with Crippen LogP contribution in [0.15, 0.2) is 91.0 Å². The van der Waals surface area contributed by atoms with Gasteiger partial charge >= 0.3 is 0 Å². The lowest BCUT2D eigenvalue weighted by Crippen LogP contribution is -2.55. The molecule has 0 aliphatic rings. The van der Waals surface area contributed by atoms with Gasteiger partial charge in [0.05, 0.1) is 18.8 Å². The molecule has 0 unspecified atom stereocenters. The van der Waals surface area contributed by atoms with Crippen molar-refractivity contribution in [3.05, 3.63) is 102 Å². The second kappa shape index (κ2) is 9.25. The standard InChI is InChI=1S/C22H21N5O/c23-20(18-4-2-1-3-5-18)10-11-21(24)27-22(28)14-16-6-8-17(9-7-16)19-12-13-25-26-15-19/h1-13,15H,14,23-24H2,(H,27,28)/p+1/b20-10-,21-11+. The minimum atomic E-state index is -0.133. The molecule has 2 aromatic carbocycles. The predicted octanol–water partition coefficient (Wildman–Crippen LogP) is 1.89. The fraction of sp³-hybridized carbons (Fsp3) is 0.0455. The number of hydrogen-bond donors (Lipinski definition) is 3. The summed E-state index contributed by atoms with van der Waals surface area (Å²) < 4.78 is 0. The lowest BCUT2D eigenvalue weighted by molar-refractivity contribution is -0.310. The number of allylic oxidation sites excluding steroid dienone is 2. The van der Waals surface area contributed by atoms with Crippen LogP contribution in [0.5, 0.6) is 0 Å². The van der Waals surface area contributed by atoms with E-state index in [4.69, 9.17) is 5.73 Å². The van der Waals surface area contributed by atoms with Crippen molar-refractivity contribution >= 4 is 11.6 Å². The van der Waals surface area contributed by atoms with E-state index >= 15 is 0 Å². The van der Waals surface area contributed by atoms with Gasteiger partial charge in [-0.2, -0.15) is 10.2 Å². The van der Waals surface area contributed by atoms with E-state index in [0.717, 1.165) is 22.3 Å². The summed E-state index contributed by atoms with van der Waals surface area (Å²) in [6.45, 7) is 0. The van der Waals surface area contributed by atoms with E-state index in [2.05, 4.69) is 21.2 Å². The van der Waals surface area contributed by atoms with Gasteiger partial charge in [-0.1, -0.05) is 54.6 Å². The fourth-order valence-electron chi connectivity index (χ4n) is 2.64. The molecule has 0 saturated carbocycles. The minimum Gasteiger partial charge on any atom is -0.398 e. The van der Waals surface area contributed by atoms with Crippen LogP contribution in [-0.2, 0) is 11.2 Å². The molecule has 0 aliphatic heterocycles. The van der Waals surface area contributed by atoms with Crippen LogP contribution in [-0.4, -0.2) is 16.1 Å². The molecule has 6 heteroatoms. The van der Waals surface area contributed by atoms with Crippen LogP contribution in [0.2, 0.25) is 0 Å². The van der Waals surface area contributed by atoms with Crippen molar-refractivity contribution in [2.75, 3.05) is 0 Å². The number of nitrogens with two attached hydrogens (primary N) is 1. The van der Waals surface area contributed by atoms with Gasteiger partial charge in [0.1, 0.15) is 0 Å². The summed E-state index contributed by atoms with van der Waals surface area (Å²) in [5.41, 5.74) is 14.3. The number of aromatic nitrogens is 2. The summed E-state index contributed by atoms with van der Waals surface area (Å²) in [7, 11) is 0. The normalized spacial score (nSPS) is 11.9. The summed E-state index contributed by atoms with van der Waals surface area (Å²) in [6, 6.07) is 19.3. The van der Waals surface area contributed by atoms with Crippen molar-refractivity contribution in [2.45, 2.75) is 6.42 Å². The smallest absolute Gasteiger partial charge is 0.232 e. The molecule has 0 aliphatic carbocycles. The molecule has 3 rings (SSSR count). The average Bonchev–Trinajstić information content (AvgIpc) is 2.74. The number of nitrogens with one attached hydrogen (secondary N) is 1. The molecule has 3 aromatic rings. The summed E-state index contributed by atoms with van der Waals surface area (Å²) in [5.74, 6) is 0.356. The second-order valence-corrected chi connectivity index (χ2v) is 6.23. The maximum atomic E-state index is 12.2. The lowest BCUT2D eigenvalue weighted by atomic mass is 10.0. The first-order valence-electron chi connectivity index (χ1n) is 8.82. The number of quaternary nitrogens is 1. The number of amides is 1. The van der Waals surface area contributed by atoms with Gasteiger partial charge in [-0.25, -0.2) is 0 Å². The largest absolute Gasteiger partial charge is 0.398 e. The Labute approximate surface area is 163 Å². The highest BCUT2D eigenvalue weighted by Gasteiger charge is 2.06. The first kappa shape index (κ1) is 19.0. The molecule has 140 valence electrons. The molecule has 0 saturated heterocycles. The summed E-state index contributed by atoms with van der Waals surface area (Å²) in [5, 5.41) is 10.4. The van der Waals surface area contributed by atoms with Crippen LogP contribution in [0.1, 0.15) is 11.1 Å². The van der Waals surface area contributed by atoms with Gasteiger partial charge in [0.2, 0.25) is 11.7 Å². The van der Waals surface area contributed by atoms with Crippen molar-refractivity contribution in [1.82, 2.24) is 15.5 Å². The zero-order valence-corrected chi connectivity index (χ0v) is 15.4. The Morgan fingerprint density at radius 1 is 0.964 bits per heavy atom. The van der Waals surface area contributed by atoms with E-state index in [0.29, 0.717) is 11.5 Å². The first-order chi connectivity index (χ1) is 13.6. The van der Waals surface area contributed by atoms with Crippen molar-refractivity contribution in [1.29, 1.82) is 0 Å². The van der Waals surface area contributed by atoms with Crippen molar-refractivity contribution in [2.24, 2.45) is 5.73 Å². The van der Waals surface area contributed by atoms with Crippen LogP contribution in [0.3, 0.4) is 0 Å². The maximum Gasteiger partial charge on any atom is 0.232 e. The van der Waals surface area contributed by atoms with Gasteiger partial charge in [-0.3, -0.25) is 10.1 Å². The Balaban J connectivity index is 1.57. The van der Waals surface area contributed by atoms with Crippen LogP contribution >= 0.6 is 0 Å². The van der Waals surface area contributed by atoms with Crippen LogP contribution in [0.25, 0.3) is 16.8 Å². The van der Waals surface area contributed by atoms with Gasteiger partial charge in [0, 0.05) is 17.3 Å². The number of carbonyl (C=O) groups excluding carboxylic acids is 1. The number of benzene rings is 2. The highest BCUT2D eigenvalue weighted by molar-refractivity contribution is 5.80. The quantitative estimate of drug-likeness (QED) is 0.574. The van der Waals surface area contributed by atoms with Crippen molar-refractivity contribution < 1.29 is 10.5 Å². The molecule has 0 spiro atoms. The number of rotatable bonds is 6. The van der Waals surface area contributed by atoms with Gasteiger partial charge in [-0.15, -0.1) is 0 Å². The maximum absolute atomic E-state index is 12.2. The zero-order chi connectivity index (χ0) is 19.8. The molecular weight excluding hydrogens is 350 g/mol. The third-order valence-corrected chi connectivity index (χ3v) is 4.11. The van der Waals surface area contributed by atoms with E-state index in [1.165, 1.54) is 0 Å². The Hall–Kier alpha value is -3.77. The Morgan fingerprint density at radius 3 is 2.39 bits per heavy atom. The monoisotopic (exact) mass is 372 g/mol. The van der Waals surface area contributed by atoms with Crippen LogP contribution in [0.4, 0.5) is 0 Å². The fourth-order valence-corrected chi connectivity index (χ4v) is 2.64. The second-order valence-electron chi connectivity index (χ2n) is 6.23.